The average Bonchev–Trinajstić information content (AvgIpc) is 3.13. The summed E-state index contributed by atoms with van der Waals surface area (Å²) < 4.78 is 15.1. The molecule has 3 heterocycles. The van der Waals surface area contributed by atoms with Gasteiger partial charge in [-0.25, -0.2) is 14.1 Å². The van der Waals surface area contributed by atoms with Crippen LogP contribution in [0.4, 0.5) is 10.2 Å². The molecule has 2 N–H and O–H groups in total. The van der Waals surface area contributed by atoms with Crippen LogP contribution in [0.15, 0.2) is 60.8 Å². The van der Waals surface area contributed by atoms with Gasteiger partial charge in [0.1, 0.15) is 11.6 Å². The Hall–Kier alpha value is -3.26. The molecule has 0 aromatic carbocycles. The fraction of sp³-hybridized carbons (Fsp3) is 0.250. The van der Waals surface area contributed by atoms with Gasteiger partial charge in [-0.2, -0.15) is 5.10 Å². The number of aliphatic hydroxyl groups excluding tert-OH is 1. The van der Waals surface area contributed by atoms with Crippen molar-refractivity contribution in [1.82, 2.24) is 19.7 Å². The van der Waals surface area contributed by atoms with E-state index in [2.05, 4.69) is 22.0 Å². The molecular formula is C20H22FN5O2. The molecule has 7 nitrogen and oxygen atoms in total. The molecule has 0 radical (unpaired) electrons. The lowest BCUT2D eigenvalue weighted by Crippen LogP contribution is -2.37. The van der Waals surface area contributed by atoms with Gasteiger partial charge in [-0.05, 0) is 37.6 Å². The van der Waals surface area contributed by atoms with Crippen molar-refractivity contribution in [2.24, 2.45) is 0 Å². The molecular weight excluding hydrogens is 361 g/mol. The zero-order valence-electron chi connectivity index (χ0n) is 15.8. The number of nitrogens with zero attached hydrogens (tertiary/aromatic N) is 4. The van der Waals surface area contributed by atoms with E-state index in [1.165, 1.54) is 6.08 Å². The highest BCUT2D eigenvalue weighted by atomic mass is 19.1. The summed E-state index contributed by atoms with van der Waals surface area (Å²) in [7, 11) is 0. The monoisotopic (exact) mass is 383 g/mol. The molecule has 1 atom stereocenters. The minimum atomic E-state index is -1.07. The Kier molecular flexibility index (Phi) is 5.70. The number of fused-ring (bicyclic) bond motifs is 1. The molecule has 146 valence electrons. The molecule has 0 saturated carbocycles. The Morgan fingerprint density at radius 3 is 2.82 bits per heavy atom. The third-order valence-electron chi connectivity index (χ3n) is 4.36. The molecule has 0 bridgehead atoms. The van der Waals surface area contributed by atoms with Gasteiger partial charge >= 0.3 is 0 Å². The largest absolute Gasteiger partial charge is 0.368 e. The number of carbonyl (C=O) groups is 1. The van der Waals surface area contributed by atoms with Crippen molar-refractivity contribution in [2.45, 2.75) is 26.5 Å². The Morgan fingerprint density at radius 2 is 2.18 bits per heavy atom. The van der Waals surface area contributed by atoms with Crippen LogP contribution in [0.2, 0.25) is 0 Å². The van der Waals surface area contributed by atoms with Crippen molar-refractivity contribution in [3.63, 3.8) is 0 Å². The maximum Gasteiger partial charge on any atom is 0.227 e. The van der Waals surface area contributed by atoms with Gasteiger partial charge in [0.2, 0.25) is 5.91 Å². The minimum Gasteiger partial charge on any atom is -0.368 e. The van der Waals surface area contributed by atoms with Crippen molar-refractivity contribution < 1.29 is 14.3 Å². The van der Waals surface area contributed by atoms with E-state index in [1.54, 1.807) is 47.1 Å². The van der Waals surface area contributed by atoms with Crippen molar-refractivity contribution in [1.29, 1.82) is 0 Å². The lowest BCUT2D eigenvalue weighted by molar-refractivity contribution is -0.117. The number of hydrogen-bond donors (Lipinski definition) is 2. The van der Waals surface area contributed by atoms with E-state index in [4.69, 9.17) is 0 Å². The van der Waals surface area contributed by atoms with Crippen molar-refractivity contribution in [3.8, 4) is 0 Å². The quantitative estimate of drug-likeness (QED) is 0.829. The van der Waals surface area contributed by atoms with Gasteiger partial charge in [0, 0.05) is 25.4 Å². The second kappa shape index (κ2) is 8.18. The van der Waals surface area contributed by atoms with Gasteiger partial charge in [-0.1, -0.05) is 18.7 Å². The summed E-state index contributed by atoms with van der Waals surface area (Å²) in [5.41, 5.74) is 2.53. The maximum atomic E-state index is 13.6. The van der Waals surface area contributed by atoms with E-state index in [0.717, 1.165) is 5.56 Å². The molecule has 3 rings (SSSR count). The van der Waals surface area contributed by atoms with Crippen molar-refractivity contribution in [2.75, 3.05) is 11.9 Å². The van der Waals surface area contributed by atoms with Crippen LogP contribution >= 0.6 is 0 Å². The number of halogens is 1. The molecule has 2 aromatic rings. The van der Waals surface area contributed by atoms with Gasteiger partial charge in [0.25, 0.3) is 0 Å². The van der Waals surface area contributed by atoms with Crippen molar-refractivity contribution >= 4 is 17.4 Å². The average molecular weight is 383 g/mol. The summed E-state index contributed by atoms with van der Waals surface area (Å²) in [6.45, 7) is 7.15. The van der Waals surface area contributed by atoms with E-state index >= 15 is 0 Å². The number of carbonyl (C=O) groups excluding carboxylic acids is 1. The zero-order chi connectivity index (χ0) is 20.3. The molecule has 0 spiro atoms. The number of aliphatic hydroxyl groups is 1. The van der Waals surface area contributed by atoms with Gasteiger partial charge in [-0.15, -0.1) is 0 Å². The number of pyridine rings is 1. The van der Waals surface area contributed by atoms with Gasteiger partial charge in [-0.3, -0.25) is 4.79 Å². The second-order valence-electron chi connectivity index (χ2n) is 6.40. The zero-order valence-corrected chi connectivity index (χ0v) is 15.8. The fourth-order valence-corrected chi connectivity index (χ4v) is 3.04. The van der Waals surface area contributed by atoms with Crippen LogP contribution in [0.1, 0.15) is 30.8 Å². The molecule has 1 aliphatic rings. The normalized spacial score (nSPS) is 19.0. The summed E-state index contributed by atoms with van der Waals surface area (Å²) in [4.78, 5) is 18.0. The van der Waals surface area contributed by atoms with E-state index in [1.807, 2.05) is 13.0 Å². The number of rotatable bonds is 5. The van der Waals surface area contributed by atoms with Crippen LogP contribution in [-0.2, 0) is 4.79 Å². The lowest BCUT2D eigenvalue weighted by Gasteiger charge is -2.37. The number of amides is 1. The second-order valence-corrected chi connectivity index (χ2v) is 6.40. The number of anilines is 1. The molecule has 1 aliphatic heterocycles. The number of hydrogen-bond acceptors (Lipinski definition) is 5. The summed E-state index contributed by atoms with van der Waals surface area (Å²) in [6, 6.07) is 5.25. The third-order valence-corrected chi connectivity index (χ3v) is 4.36. The summed E-state index contributed by atoms with van der Waals surface area (Å²) in [5, 5.41) is 17.6. The number of aromatic nitrogens is 3. The summed E-state index contributed by atoms with van der Waals surface area (Å²) >= 11 is 0. The van der Waals surface area contributed by atoms with Gasteiger partial charge in [0.05, 0.1) is 17.1 Å². The highest BCUT2D eigenvalue weighted by Gasteiger charge is 2.32. The first-order valence-electron chi connectivity index (χ1n) is 8.85. The van der Waals surface area contributed by atoms with Crippen LogP contribution in [-0.4, -0.2) is 37.2 Å². The van der Waals surface area contributed by atoms with E-state index in [-0.39, 0.29) is 18.9 Å². The van der Waals surface area contributed by atoms with Crippen LogP contribution in [0.25, 0.3) is 5.70 Å². The standard InChI is InChI=1S/C20H22FN5O2/c1-4-15-17(11-14(3)21)25(20(28)16-7-9-23-26(15)16)10-8-19(27)24-18-6-5-13(2)12-22-18/h4-7,9,11-12,20,28H,3,8,10H2,1-2H3,(H,22,24,27)/b15-4+,17-11?. The van der Waals surface area contributed by atoms with Gasteiger partial charge in [0.15, 0.2) is 6.23 Å². The Bertz CT molecular complexity index is 946. The van der Waals surface area contributed by atoms with Crippen LogP contribution in [0.5, 0.6) is 0 Å². The SMILES string of the molecule is C=C(F)C=C1/C(=C\C)n2nccc2C(O)N1CCC(=O)Nc1ccc(C)cn1. The fourth-order valence-electron chi connectivity index (χ4n) is 3.04. The van der Waals surface area contributed by atoms with Crippen LogP contribution in [0, 0.1) is 6.92 Å². The van der Waals surface area contributed by atoms with Gasteiger partial charge < -0.3 is 15.3 Å². The molecule has 1 amide bonds. The van der Waals surface area contributed by atoms with E-state index in [0.29, 0.717) is 22.9 Å². The Morgan fingerprint density at radius 1 is 1.39 bits per heavy atom. The molecule has 1 unspecified atom stereocenters. The maximum absolute atomic E-state index is 13.6. The number of allylic oxidation sites excluding steroid dienone is 4. The lowest BCUT2D eigenvalue weighted by atomic mass is 10.1. The minimum absolute atomic E-state index is 0.0772. The molecule has 0 saturated heterocycles. The molecule has 28 heavy (non-hydrogen) atoms. The van der Waals surface area contributed by atoms with Crippen LogP contribution < -0.4 is 5.32 Å². The molecule has 8 heteroatoms. The van der Waals surface area contributed by atoms with Crippen molar-refractivity contribution in [3.05, 3.63) is 72.1 Å². The predicted octanol–water partition coefficient (Wildman–Crippen LogP) is 3.15. The first-order chi connectivity index (χ1) is 13.4. The molecule has 2 aromatic heterocycles. The number of nitrogens with one attached hydrogen (secondary N) is 1. The predicted molar refractivity (Wildman–Crippen MR) is 104 cm³/mol. The summed E-state index contributed by atoms with van der Waals surface area (Å²) in [6.07, 6.45) is 5.22. The van der Waals surface area contributed by atoms with Crippen LogP contribution in [0.3, 0.4) is 0 Å². The summed E-state index contributed by atoms with van der Waals surface area (Å²) in [5.74, 6) is -0.464. The molecule has 0 fully saturated rings. The highest BCUT2D eigenvalue weighted by Crippen LogP contribution is 2.36. The Balaban J connectivity index is 1.79. The molecule has 0 aliphatic carbocycles. The third kappa shape index (κ3) is 4.01. The topological polar surface area (TPSA) is 83.3 Å². The first-order valence-corrected chi connectivity index (χ1v) is 8.85. The smallest absolute Gasteiger partial charge is 0.227 e. The highest BCUT2D eigenvalue weighted by molar-refractivity contribution is 5.89. The number of aryl methyl sites for hydroxylation is 1. The first kappa shape index (κ1) is 19.5. The van der Waals surface area contributed by atoms with E-state index < -0.39 is 12.1 Å². The Labute approximate surface area is 162 Å². The van der Waals surface area contributed by atoms with E-state index in [9.17, 15) is 14.3 Å².